The fourth-order valence-electron chi connectivity index (χ4n) is 4.31. The van der Waals surface area contributed by atoms with Gasteiger partial charge in [-0.05, 0) is 37.5 Å². The van der Waals surface area contributed by atoms with Crippen LogP contribution in [0.3, 0.4) is 0 Å². The van der Waals surface area contributed by atoms with Gasteiger partial charge in [0.2, 0.25) is 0 Å². The molecule has 0 N–H and O–H groups in total. The number of benzene rings is 1. The van der Waals surface area contributed by atoms with Gasteiger partial charge in [-0.1, -0.05) is 32.9 Å². The van der Waals surface area contributed by atoms with Crippen LogP contribution in [0.25, 0.3) is 0 Å². The van der Waals surface area contributed by atoms with Crippen molar-refractivity contribution in [2.45, 2.75) is 62.1 Å². The number of hydrogen-bond donors (Lipinski definition) is 0. The van der Waals surface area contributed by atoms with Crippen LogP contribution >= 0.6 is 7.92 Å². The molecule has 1 aromatic rings. The van der Waals surface area contributed by atoms with E-state index in [1.165, 1.54) is 7.11 Å². The molecule has 5 atom stereocenters. The van der Waals surface area contributed by atoms with E-state index in [1.54, 1.807) is 7.11 Å². The second-order valence-corrected chi connectivity index (χ2v) is 12.7. The minimum atomic E-state index is -4.47. The summed E-state index contributed by atoms with van der Waals surface area (Å²) in [6.07, 6.45) is 0.451. The molecule has 0 radical (unpaired) electrons. The first-order valence-corrected chi connectivity index (χ1v) is 12.1. The maximum absolute atomic E-state index is 11.9. The van der Waals surface area contributed by atoms with E-state index in [9.17, 15) is 13.0 Å². The molecular formula is C19H28NaO6PS. The van der Waals surface area contributed by atoms with Crippen molar-refractivity contribution in [3.63, 3.8) is 0 Å². The Kier molecular flexibility index (Phi) is 8.06. The topological polar surface area (TPSA) is 84.9 Å². The molecule has 152 valence electrons. The summed E-state index contributed by atoms with van der Waals surface area (Å²) < 4.78 is 53.0. The second kappa shape index (κ2) is 9.19. The SMILES string of the molecule is COC1CC[C@@H](S(=O)(=O)[O-])[C@@H](OC)C1c1cccc2c1[P@](C(C)(C)C)CO2.[Na+]. The largest absolute Gasteiger partial charge is 1.00 e. The predicted molar refractivity (Wildman–Crippen MR) is 105 cm³/mol. The average molecular weight is 438 g/mol. The molecule has 0 amide bonds. The Morgan fingerprint density at radius 3 is 2.39 bits per heavy atom. The molecular weight excluding hydrogens is 410 g/mol. The molecule has 1 saturated carbocycles. The fraction of sp³-hybridized carbons (Fsp3) is 0.684. The van der Waals surface area contributed by atoms with Crippen molar-refractivity contribution in [3.8, 4) is 5.75 Å². The van der Waals surface area contributed by atoms with Gasteiger partial charge in [0.25, 0.3) is 0 Å². The summed E-state index contributed by atoms with van der Waals surface area (Å²) in [5.74, 6) is 0.525. The van der Waals surface area contributed by atoms with Crippen molar-refractivity contribution in [2.75, 3.05) is 20.6 Å². The molecule has 1 aliphatic carbocycles. The Morgan fingerprint density at radius 2 is 1.86 bits per heavy atom. The molecule has 1 heterocycles. The predicted octanol–water partition coefficient (Wildman–Crippen LogP) is -0.233. The van der Waals surface area contributed by atoms with Crippen LogP contribution in [0, 0.1) is 0 Å². The number of hydrogen-bond acceptors (Lipinski definition) is 6. The summed E-state index contributed by atoms with van der Waals surface area (Å²) in [5.41, 5.74) is 0.998. The minimum absolute atomic E-state index is 0. The maximum Gasteiger partial charge on any atom is 1.00 e. The maximum atomic E-state index is 11.9. The number of ether oxygens (including phenoxy) is 3. The molecule has 3 rings (SSSR count). The molecule has 6 nitrogen and oxygen atoms in total. The van der Waals surface area contributed by atoms with Crippen LogP contribution in [-0.4, -0.2) is 56.2 Å². The van der Waals surface area contributed by atoms with Gasteiger partial charge in [-0.15, -0.1) is 0 Å². The van der Waals surface area contributed by atoms with Crippen molar-refractivity contribution < 1.29 is 56.7 Å². The summed E-state index contributed by atoms with van der Waals surface area (Å²) in [6, 6.07) is 5.89. The smallest absolute Gasteiger partial charge is 0.748 e. The molecule has 0 aromatic heterocycles. The summed E-state index contributed by atoms with van der Waals surface area (Å²) in [4.78, 5) is 0. The molecule has 0 spiro atoms. The number of rotatable bonds is 4. The van der Waals surface area contributed by atoms with Gasteiger partial charge in [0, 0.05) is 25.4 Å². The molecule has 2 aliphatic rings. The first-order chi connectivity index (χ1) is 12.6. The first kappa shape index (κ1) is 24.5. The quantitative estimate of drug-likeness (QED) is 0.367. The zero-order valence-electron chi connectivity index (χ0n) is 17.5. The van der Waals surface area contributed by atoms with Gasteiger partial charge in [-0.2, -0.15) is 0 Å². The van der Waals surface area contributed by atoms with Gasteiger partial charge in [0.15, 0.2) is 0 Å². The molecule has 1 aromatic carbocycles. The Morgan fingerprint density at radius 1 is 1.18 bits per heavy atom. The average Bonchev–Trinajstić information content (AvgIpc) is 3.04. The Labute approximate surface area is 191 Å². The molecule has 1 aliphatic heterocycles. The van der Waals surface area contributed by atoms with E-state index in [2.05, 4.69) is 20.8 Å². The zero-order valence-corrected chi connectivity index (χ0v) is 21.2. The monoisotopic (exact) mass is 438 g/mol. The van der Waals surface area contributed by atoms with Crippen LogP contribution in [-0.2, 0) is 19.6 Å². The van der Waals surface area contributed by atoms with Crippen molar-refractivity contribution in [3.05, 3.63) is 23.8 Å². The van der Waals surface area contributed by atoms with Crippen molar-refractivity contribution in [1.82, 2.24) is 0 Å². The summed E-state index contributed by atoms with van der Waals surface area (Å²) in [5, 5.41) is 0.122. The van der Waals surface area contributed by atoms with Crippen LogP contribution in [0.15, 0.2) is 18.2 Å². The Hall–Kier alpha value is 0.280. The summed E-state index contributed by atoms with van der Waals surface area (Å²) in [6.45, 7) is 6.59. The van der Waals surface area contributed by atoms with E-state index in [-0.39, 0.29) is 53.2 Å². The first-order valence-electron chi connectivity index (χ1n) is 9.13. The van der Waals surface area contributed by atoms with Crippen LogP contribution in [0.2, 0.25) is 0 Å². The molecule has 9 heteroatoms. The second-order valence-electron chi connectivity index (χ2n) is 8.18. The third-order valence-electron chi connectivity index (χ3n) is 5.62. The normalized spacial score (nSPS) is 30.3. The van der Waals surface area contributed by atoms with E-state index < -0.39 is 29.4 Å². The number of fused-ring (bicyclic) bond motifs is 1. The molecule has 0 bridgehead atoms. The van der Waals surface area contributed by atoms with E-state index in [4.69, 9.17) is 14.2 Å². The van der Waals surface area contributed by atoms with Crippen LogP contribution in [0.1, 0.15) is 45.1 Å². The van der Waals surface area contributed by atoms with Gasteiger partial charge >= 0.3 is 29.6 Å². The summed E-state index contributed by atoms with van der Waals surface area (Å²) >= 11 is 0. The van der Waals surface area contributed by atoms with E-state index in [0.29, 0.717) is 12.8 Å². The van der Waals surface area contributed by atoms with Gasteiger partial charge in [-0.3, -0.25) is 0 Å². The zero-order chi connectivity index (χ0) is 20.0. The van der Waals surface area contributed by atoms with Crippen molar-refractivity contribution in [1.29, 1.82) is 0 Å². The minimum Gasteiger partial charge on any atom is -0.748 e. The van der Waals surface area contributed by atoms with Crippen molar-refractivity contribution in [2.24, 2.45) is 0 Å². The van der Waals surface area contributed by atoms with Crippen LogP contribution < -0.4 is 39.6 Å². The van der Waals surface area contributed by atoms with Gasteiger partial charge in [-0.25, -0.2) is 8.42 Å². The fourth-order valence-corrected chi connectivity index (χ4v) is 7.73. The van der Waals surface area contributed by atoms with Gasteiger partial charge < -0.3 is 18.8 Å². The van der Waals surface area contributed by atoms with Gasteiger partial charge in [0.1, 0.15) is 22.2 Å². The van der Waals surface area contributed by atoms with E-state index in [1.807, 2.05) is 18.2 Å². The van der Waals surface area contributed by atoms with E-state index in [0.717, 1.165) is 16.6 Å². The van der Waals surface area contributed by atoms with Crippen LogP contribution in [0.4, 0.5) is 0 Å². The van der Waals surface area contributed by atoms with Crippen molar-refractivity contribution >= 4 is 23.3 Å². The molecule has 1 fully saturated rings. The third-order valence-corrected chi connectivity index (χ3v) is 9.89. The Balaban J connectivity index is 0.00000280. The van der Waals surface area contributed by atoms with E-state index >= 15 is 0 Å². The number of methoxy groups -OCH3 is 2. The molecule has 2 unspecified atom stereocenters. The molecule has 0 saturated heterocycles. The summed E-state index contributed by atoms with van der Waals surface area (Å²) in [7, 11) is -1.97. The third kappa shape index (κ3) is 4.62. The Bertz CT molecular complexity index is 794. The van der Waals surface area contributed by atoms with Crippen LogP contribution in [0.5, 0.6) is 5.75 Å². The van der Waals surface area contributed by atoms with Gasteiger partial charge in [0.05, 0.1) is 17.5 Å². The standard InChI is InChI=1S/C19H29O6PS.Na/c1-19(2,3)26-11-25-14-8-6-7-12(18(14)26)16-13(23-4)9-10-15(17(16)24-5)27(20,21)22;/h6-8,13,15-17H,9-11H2,1-5H3,(H,20,21,22);/q;+1/p-1/t13?,15-,16?,17-,26-;/m1./s1. The molecule has 28 heavy (non-hydrogen) atoms.